The minimum atomic E-state index is -0.687. The van der Waals surface area contributed by atoms with Gasteiger partial charge in [-0.1, -0.05) is 56.2 Å². The van der Waals surface area contributed by atoms with Crippen molar-refractivity contribution in [1.29, 1.82) is 0 Å². The summed E-state index contributed by atoms with van der Waals surface area (Å²) in [4.78, 5) is 11.7. The van der Waals surface area contributed by atoms with E-state index in [1.807, 2.05) is 0 Å². The molecule has 1 aromatic carbocycles. The van der Waals surface area contributed by atoms with Gasteiger partial charge in [-0.2, -0.15) is 0 Å². The monoisotopic (exact) mass is 326 g/mol. The van der Waals surface area contributed by atoms with Gasteiger partial charge in [-0.05, 0) is 67.4 Å². The molecule has 0 saturated heterocycles. The van der Waals surface area contributed by atoms with Crippen LogP contribution in [0.1, 0.15) is 62.1 Å². The van der Waals surface area contributed by atoms with Crippen LogP contribution >= 0.6 is 0 Å². The Hall–Kier alpha value is -1.57. The highest BCUT2D eigenvalue weighted by Crippen LogP contribution is 2.62. The topological polar surface area (TPSA) is 37.3 Å². The molecule has 0 heterocycles. The van der Waals surface area contributed by atoms with E-state index in [0.717, 1.165) is 31.3 Å². The molecule has 2 nitrogen and oxygen atoms in total. The summed E-state index contributed by atoms with van der Waals surface area (Å²) in [6.07, 6.45) is 4.08. The molecule has 0 radical (unpaired) electrons. The molecule has 2 heteroatoms. The van der Waals surface area contributed by atoms with Gasteiger partial charge in [0.05, 0.1) is 5.92 Å². The standard InChI is InChI=1S/C22H30O2/c1-6-16-18(17-8-7-13(2)11-14(17)3)9-10-22(5)15(4)19(21(23)24)12-20(16)22/h7-8,11,16,18-20H,4,6,9-10,12H2,1-3,5H3,(H,23,24)/t16?,18?,19?,20?,22-/m1/s1. The van der Waals surface area contributed by atoms with Crippen molar-refractivity contribution in [1.82, 2.24) is 0 Å². The Kier molecular flexibility index (Phi) is 4.36. The third-order valence-electron chi connectivity index (χ3n) is 7.06. The van der Waals surface area contributed by atoms with Crippen LogP contribution in [0.15, 0.2) is 30.4 Å². The van der Waals surface area contributed by atoms with Gasteiger partial charge in [0, 0.05) is 0 Å². The van der Waals surface area contributed by atoms with Gasteiger partial charge >= 0.3 is 5.97 Å². The highest BCUT2D eigenvalue weighted by atomic mass is 16.4. The Morgan fingerprint density at radius 1 is 1.38 bits per heavy atom. The summed E-state index contributed by atoms with van der Waals surface area (Å²) in [5.41, 5.74) is 5.13. The van der Waals surface area contributed by atoms with Gasteiger partial charge in [0.1, 0.15) is 0 Å². The van der Waals surface area contributed by atoms with Gasteiger partial charge in [-0.3, -0.25) is 4.79 Å². The first-order valence-electron chi connectivity index (χ1n) is 9.28. The van der Waals surface area contributed by atoms with E-state index in [2.05, 4.69) is 52.5 Å². The lowest BCUT2D eigenvalue weighted by atomic mass is 9.57. The second kappa shape index (κ2) is 6.06. The Labute approximate surface area is 146 Å². The number of hydrogen-bond donors (Lipinski definition) is 1. The number of aryl methyl sites for hydroxylation is 2. The van der Waals surface area contributed by atoms with E-state index in [9.17, 15) is 9.90 Å². The molecule has 1 aromatic rings. The molecule has 0 bridgehead atoms. The highest BCUT2D eigenvalue weighted by molar-refractivity contribution is 5.75. The average Bonchev–Trinajstić information content (AvgIpc) is 2.79. The third-order valence-corrected chi connectivity index (χ3v) is 7.06. The summed E-state index contributed by atoms with van der Waals surface area (Å²) >= 11 is 0. The maximum Gasteiger partial charge on any atom is 0.310 e. The van der Waals surface area contributed by atoms with E-state index < -0.39 is 5.97 Å². The van der Waals surface area contributed by atoms with Crippen LogP contribution < -0.4 is 0 Å². The molecule has 3 rings (SSSR count). The summed E-state index contributed by atoms with van der Waals surface area (Å²) in [7, 11) is 0. The summed E-state index contributed by atoms with van der Waals surface area (Å²) in [5.74, 6) is 0.497. The van der Waals surface area contributed by atoms with Crippen molar-refractivity contribution >= 4 is 5.97 Å². The van der Waals surface area contributed by atoms with Crippen molar-refractivity contribution in [2.45, 2.75) is 59.3 Å². The molecule has 0 aromatic heterocycles. The summed E-state index contributed by atoms with van der Waals surface area (Å²) in [5, 5.41) is 9.60. The first-order chi connectivity index (χ1) is 11.3. The van der Waals surface area contributed by atoms with E-state index in [1.165, 1.54) is 16.7 Å². The van der Waals surface area contributed by atoms with Crippen LogP contribution in [-0.2, 0) is 4.79 Å². The predicted octanol–water partition coefficient (Wildman–Crippen LogP) is 5.49. The fourth-order valence-corrected chi connectivity index (χ4v) is 5.68. The van der Waals surface area contributed by atoms with Crippen molar-refractivity contribution in [3.8, 4) is 0 Å². The van der Waals surface area contributed by atoms with Gasteiger partial charge in [0.2, 0.25) is 0 Å². The lowest BCUT2D eigenvalue weighted by molar-refractivity contribution is -0.140. The van der Waals surface area contributed by atoms with Crippen LogP contribution in [0.2, 0.25) is 0 Å². The summed E-state index contributed by atoms with van der Waals surface area (Å²) in [6.45, 7) is 13.1. The Balaban J connectivity index is 1.97. The van der Waals surface area contributed by atoms with E-state index in [1.54, 1.807) is 0 Å². The van der Waals surface area contributed by atoms with E-state index in [4.69, 9.17) is 0 Å². The van der Waals surface area contributed by atoms with Crippen LogP contribution in [0.3, 0.4) is 0 Å². The Bertz CT molecular complexity index is 675. The Morgan fingerprint density at radius 3 is 2.67 bits per heavy atom. The molecule has 0 amide bonds. The van der Waals surface area contributed by atoms with Gasteiger partial charge in [-0.25, -0.2) is 0 Å². The number of carboxylic acid groups (broad SMARTS) is 1. The molecule has 0 aliphatic heterocycles. The molecular formula is C22H30O2. The summed E-state index contributed by atoms with van der Waals surface area (Å²) in [6, 6.07) is 6.80. The zero-order chi connectivity index (χ0) is 17.6. The molecular weight excluding hydrogens is 296 g/mol. The normalized spacial score (nSPS) is 35.8. The molecule has 4 unspecified atom stereocenters. The molecule has 2 saturated carbocycles. The fraction of sp³-hybridized carbons (Fsp3) is 0.591. The fourth-order valence-electron chi connectivity index (χ4n) is 5.68. The second-order valence-corrected chi connectivity index (χ2v) is 8.25. The average molecular weight is 326 g/mol. The van der Waals surface area contributed by atoms with Gasteiger partial charge in [0.25, 0.3) is 0 Å². The van der Waals surface area contributed by atoms with E-state index >= 15 is 0 Å². The third kappa shape index (κ3) is 2.51. The minimum Gasteiger partial charge on any atom is -0.481 e. The smallest absolute Gasteiger partial charge is 0.310 e. The van der Waals surface area contributed by atoms with Crippen LogP contribution in [-0.4, -0.2) is 11.1 Å². The predicted molar refractivity (Wildman–Crippen MR) is 98.2 cm³/mol. The number of benzene rings is 1. The van der Waals surface area contributed by atoms with Crippen LogP contribution in [0.4, 0.5) is 0 Å². The van der Waals surface area contributed by atoms with E-state index in [-0.39, 0.29) is 11.3 Å². The number of carbonyl (C=O) groups is 1. The molecule has 1 N–H and O–H groups in total. The molecule has 0 spiro atoms. The molecule has 2 aliphatic rings. The minimum absolute atomic E-state index is 0.00116. The van der Waals surface area contributed by atoms with Crippen molar-refractivity contribution in [3.63, 3.8) is 0 Å². The van der Waals surface area contributed by atoms with E-state index in [0.29, 0.717) is 17.8 Å². The number of fused-ring (bicyclic) bond motifs is 1. The Morgan fingerprint density at radius 2 is 2.08 bits per heavy atom. The van der Waals surface area contributed by atoms with Gasteiger partial charge in [-0.15, -0.1) is 0 Å². The van der Waals surface area contributed by atoms with Gasteiger partial charge < -0.3 is 5.11 Å². The largest absolute Gasteiger partial charge is 0.481 e. The molecule has 2 fully saturated rings. The lowest BCUT2D eigenvalue weighted by Crippen LogP contribution is -2.38. The quantitative estimate of drug-likeness (QED) is 0.746. The molecule has 2 aliphatic carbocycles. The molecule has 130 valence electrons. The number of hydrogen-bond acceptors (Lipinski definition) is 1. The van der Waals surface area contributed by atoms with Crippen LogP contribution in [0.5, 0.6) is 0 Å². The molecule has 24 heavy (non-hydrogen) atoms. The number of rotatable bonds is 3. The van der Waals surface area contributed by atoms with Crippen molar-refractivity contribution in [3.05, 3.63) is 47.0 Å². The lowest BCUT2D eigenvalue weighted by Gasteiger charge is -2.47. The summed E-state index contributed by atoms with van der Waals surface area (Å²) < 4.78 is 0. The zero-order valence-electron chi connectivity index (χ0n) is 15.4. The number of aliphatic carboxylic acids is 1. The second-order valence-electron chi connectivity index (χ2n) is 8.25. The van der Waals surface area contributed by atoms with Crippen LogP contribution in [0.25, 0.3) is 0 Å². The zero-order valence-corrected chi connectivity index (χ0v) is 15.4. The molecule has 5 atom stereocenters. The first kappa shape index (κ1) is 17.3. The first-order valence-corrected chi connectivity index (χ1v) is 9.28. The van der Waals surface area contributed by atoms with Crippen molar-refractivity contribution < 1.29 is 9.90 Å². The van der Waals surface area contributed by atoms with Crippen molar-refractivity contribution in [2.24, 2.45) is 23.2 Å². The number of carboxylic acids is 1. The maximum atomic E-state index is 11.7. The van der Waals surface area contributed by atoms with Gasteiger partial charge in [0.15, 0.2) is 0 Å². The highest BCUT2D eigenvalue weighted by Gasteiger charge is 2.55. The SMILES string of the molecule is C=C1C(C(=O)O)CC2C(CC)C(c3ccc(C)cc3C)CC[C@]12C. The maximum absolute atomic E-state index is 11.7. The van der Waals surface area contributed by atoms with Crippen LogP contribution in [0, 0.1) is 37.0 Å². The van der Waals surface area contributed by atoms with Crippen molar-refractivity contribution in [2.75, 3.05) is 0 Å².